The number of rotatable bonds is 6. The highest BCUT2D eigenvalue weighted by Gasteiger charge is 2.32. The Morgan fingerprint density at radius 3 is 2.32 bits per heavy atom. The highest BCUT2D eigenvalue weighted by molar-refractivity contribution is 7.89. The molecule has 0 atom stereocenters. The average Bonchev–Trinajstić information content (AvgIpc) is 3.55. The number of piperidine rings is 1. The first-order valence-electron chi connectivity index (χ1n) is 11.4. The molecule has 0 saturated carbocycles. The maximum Gasteiger partial charge on any atom is 0.243 e. The van der Waals surface area contributed by atoms with Crippen molar-refractivity contribution in [1.82, 2.24) is 19.4 Å². The Balaban J connectivity index is 1.24. The van der Waals surface area contributed by atoms with Crippen molar-refractivity contribution in [2.45, 2.75) is 43.9 Å². The molecule has 3 heterocycles. The molecule has 0 amide bonds. The predicted octanol–water partition coefficient (Wildman–Crippen LogP) is 5.30. The van der Waals surface area contributed by atoms with E-state index in [4.69, 9.17) is 4.52 Å². The van der Waals surface area contributed by atoms with Gasteiger partial charge in [0, 0.05) is 35.5 Å². The summed E-state index contributed by atoms with van der Waals surface area (Å²) in [7, 11) is -3.49. The molecule has 0 radical (unpaired) electrons. The number of hydrogen-bond acceptors (Lipinski definition) is 7. The molecule has 0 N–H and O–H groups in total. The molecule has 0 unspecified atom stereocenters. The SMILES string of the molecule is CCc1nc(-c2ccc(-c3noc(C4CCN(S(=O)(=O)c5ccc(C)cc5)CC4)n3)cc2)cs1. The summed E-state index contributed by atoms with van der Waals surface area (Å²) in [6.45, 7) is 4.91. The molecule has 1 saturated heterocycles. The molecule has 1 aliphatic heterocycles. The van der Waals surface area contributed by atoms with E-state index in [0.29, 0.717) is 42.5 Å². The molecule has 0 aliphatic carbocycles. The van der Waals surface area contributed by atoms with Crippen molar-refractivity contribution in [2.75, 3.05) is 13.1 Å². The van der Waals surface area contributed by atoms with Crippen LogP contribution in [0.4, 0.5) is 0 Å². The molecule has 0 spiro atoms. The van der Waals surface area contributed by atoms with E-state index < -0.39 is 10.0 Å². The summed E-state index contributed by atoms with van der Waals surface area (Å²) < 4.78 is 33.0. The molecular weight excluding hydrogens is 468 g/mol. The molecule has 1 fully saturated rings. The minimum atomic E-state index is -3.49. The first kappa shape index (κ1) is 22.9. The van der Waals surface area contributed by atoms with Crippen molar-refractivity contribution in [3.05, 3.63) is 70.4 Å². The molecule has 7 nitrogen and oxygen atoms in total. The van der Waals surface area contributed by atoms with Crippen LogP contribution in [0.2, 0.25) is 0 Å². The van der Waals surface area contributed by atoms with Crippen LogP contribution in [0.1, 0.15) is 42.1 Å². The van der Waals surface area contributed by atoms with Crippen molar-refractivity contribution in [3.8, 4) is 22.6 Å². The minimum absolute atomic E-state index is 0.0486. The van der Waals surface area contributed by atoms with Crippen LogP contribution in [0.15, 0.2) is 63.3 Å². The van der Waals surface area contributed by atoms with Crippen molar-refractivity contribution >= 4 is 21.4 Å². The van der Waals surface area contributed by atoms with Crippen molar-refractivity contribution in [3.63, 3.8) is 0 Å². The quantitative estimate of drug-likeness (QED) is 0.361. The van der Waals surface area contributed by atoms with Crippen LogP contribution in [0, 0.1) is 6.92 Å². The number of aryl methyl sites for hydroxylation is 2. The summed E-state index contributed by atoms with van der Waals surface area (Å²) in [4.78, 5) is 9.59. The Morgan fingerprint density at radius 1 is 1.00 bits per heavy atom. The molecule has 9 heteroatoms. The van der Waals surface area contributed by atoms with Gasteiger partial charge in [0.1, 0.15) is 0 Å². The standard InChI is InChI=1S/C25H26N4O3S2/c1-3-23-26-22(16-33-23)18-6-8-19(9-7-18)24-27-25(32-28-24)20-12-14-29(15-13-20)34(30,31)21-10-4-17(2)5-11-21/h4-11,16,20H,3,12-15H2,1-2H3. The zero-order valence-electron chi connectivity index (χ0n) is 19.1. The van der Waals surface area contributed by atoms with E-state index in [0.717, 1.165) is 33.8 Å². The molecule has 0 bridgehead atoms. The molecule has 2 aromatic carbocycles. The summed E-state index contributed by atoms with van der Waals surface area (Å²) in [6, 6.07) is 15.0. The van der Waals surface area contributed by atoms with Crippen LogP contribution in [0.5, 0.6) is 0 Å². The first-order valence-corrected chi connectivity index (χ1v) is 13.7. The van der Waals surface area contributed by atoms with E-state index in [2.05, 4.69) is 27.4 Å². The molecule has 176 valence electrons. The highest BCUT2D eigenvalue weighted by atomic mass is 32.2. The van der Waals surface area contributed by atoms with Crippen LogP contribution >= 0.6 is 11.3 Å². The van der Waals surface area contributed by atoms with Gasteiger partial charge >= 0.3 is 0 Å². The van der Waals surface area contributed by atoms with Gasteiger partial charge in [0.25, 0.3) is 0 Å². The second kappa shape index (κ2) is 9.40. The number of nitrogens with zero attached hydrogens (tertiary/aromatic N) is 4. The number of thiazole rings is 1. The largest absolute Gasteiger partial charge is 0.339 e. The van der Waals surface area contributed by atoms with Gasteiger partial charge in [-0.25, -0.2) is 13.4 Å². The van der Waals surface area contributed by atoms with Gasteiger partial charge in [-0.1, -0.05) is 54.0 Å². The summed E-state index contributed by atoms with van der Waals surface area (Å²) in [5, 5.41) is 7.37. The fourth-order valence-corrected chi connectivity index (χ4v) is 6.34. The van der Waals surface area contributed by atoms with Gasteiger partial charge < -0.3 is 4.52 Å². The normalized spacial score (nSPS) is 15.6. The van der Waals surface area contributed by atoms with E-state index in [-0.39, 0.29) is 5.92 Å². The number of aromatic nitrogens is 3. The summed E-state index contributed by atoms with van der Waals surface area (Å²) in [6.07, 6.45) is 2.23. The van der Waals surface area contributed by atoms with Gasteiger partial charge in [0.15, 0.2) is 0 Å². The average molecular weight is 495 g/mol. The fourth-order valence-electron chi connectivity index (χ4n) is 4.12. The Labute approximate surface area is 203 Å². The molecular formula is C25H26N4O3S2. The lowest BCUT2D eigenvalue weighted by Gasteiger charge is -2.29. The monoisotopic (exact) mass is 494 g/mol. The zero-order chi connectivity index (χ0) is 23.7. The van der Waals surface area contributed by atoms with Gasteiger partial charge in [0.05, 0.1) is 15.6 Å². The van der Waals surface area contributed by atoms with E-state index in [9.17, 15) is 8.42 Å². The van der Waals surface area contributed by atoms with Gasteiger partial charge in [-0.15, -0.1) is 11.3 Å². The molecule has 5 rings (SSSR count). The van der Waals surface area contributed by atoms with Crippen molar-refractivity contribution in [1.29, 1.82) is 0 Å². The lowest BCUT2D eigenvalue weighted by molar-refractivity contribution is 0.271. The van der Waals surface area contributed by atoms with Crippen LogP contribution in [0.25, 0.3) is 22.6 Å². The van der Waals surface area contributed by atoms with Crippen molar-refractivity contribution < 1.29 is 12.9 Å². The number of benzene rings is 2. The Hall–Kier alpha value is -2.88. The molecule has 1 aliphatic rings. The van der Waals surface area contributed by atoms with Crippen LogP contribution in [-0.2, 0) is 16.4 Å². The maximum atomic E-state index is 13.0. The Kier molecular flexibility index (Phi) is 6.33. The third kappa shape index (κ3) is 4.55. The third-order valence-electron chi connectivity index (χ3n) is 6.20. The lowest BCUT2D eigenvalue weighted by atomic mass is 9.98. The predicted molar refractivity (Wildman–Crippen MR) is 132 cm³/mol. The lowest BCUT2D eigenvalue weighted by Crippen LogP contribution is -2.37. The van der Waals surface area contributed by atoms with Crippen molar-refractivity contribution in [2.24, 2.45) is 0 Å². The Morgan fingerprint density at radius 2 is 1.68 bits per heavy atom. The van der Waals surface area contributed by atoms with Crippen LogP contribution in [-0.4, -0.2) is 40.9 Å². The second-order valence-corrected chi connectivity index (χ2v) is 11.4. The Bertz CT molecular complexity index is 1370. The number of hydrogen-bond donors (Lipinski definition) is 0. The summed E-state index contributed by atoms with van der Waals surface area (Å²) >= 11 is 1.67. The van der Waals surface area contributed by atoms with Gasteiger partial charge in [-0.3, -0.25) is 0 Å². The summed E-state index contributed by atoms with van der Waals surface area (Å²) in [5.41, 5.74) is 3.96. The van der Waals surface area contributed by atoms with Gasteiger partial charge in [0.2, 0.25) is 21.7 Å². The van der Waals surface area contributed by atoms with Gasteiger partial charge in [-0.2, -0.15) is 9.29 Å². The smallest absolute Gasteiger partial charge is 0.243 e. The van der Waals surface area contributed by atoms with E-state index >= 15 is 0 Å². The molecule has 4 aromatic rings. The summed E-state index contributed by atoms with van der Waals surface area (Å²) in [5.74, 6) is 1.16. The number of sulfonamides is 1. The second-order valence-electron chi connectivity index (χ2n) is 8.51. The topological polar surface area (TPSA) is 89.2 Å². The third-order valence-corrected chi connectivity index (χ3v) is 9.10. The fraction of sp³-hybridized carbons (Fsp3) is 0.320. The zero-order valence-corrected chi connectivity index (χ0v) is 20.8. The maximum absolute atomic E-state index is 13.0. The van der Waals surface area contributed by atoms with E-state index in [1.54, 1.807) is 27.8 Å². The molecule has 2 aromatic heterocycles. The van der Waals surface area contributed by atoms with Gasteiger partial charge in [-0.05, 0) is 38.3 Å². The minimum Gasteiger partial charge on any atom is -0.339 e. The molecule has 34 heavy (non-hydrogen) atoms. The van der Waals surface area contributed by atoms with Crippen LogP contribution < -0.4 is 0 Å². The van der Waals surface area contributed by atoms with E-state index in [1.807, 2.05) is 43.3 Å². The van der Waals surface area contributed by atoms with E-state index in [1.165, 1.54) is 0 Å². The van der Waals surface area contributed by atoms with Crippen LogP contribution in [0.3, 0.4) is 0 Å². The first-order chi connectivity index (χ1) is 16.4. The highest BCUT2D eigenvalue weighted by Crippen LogP contribution is 2.31.